The first-order chi connectivity index (χ1) is 14.5. The molecule has 1 aromatic rings. The number of rotatable bonds is 13. The summed E-state index contributed by atoms with van der Waals surface area (Å²) in [4.78, 5) is 0. The molecule has 0 heterocycles. The molecule has 0 aliphatic carbocycles. The Bertz CT molecular complexity index is 593. The third-order valence-electron chi connectivity index (χ3n) is 5.94. The van der Waals surface area contributed by atoms with Gasteiger partial charge in [0.1, 0.15) is 0 Å². The van der Waals surface area contributed by atoms with Crippen LogP contribution in [0.4, 0.5) is 22.0 Å². The maximum atomic E-state index is 12.7. The zero-order chi connectivity index (χ0) is 24.1. The maximum Gasteiger partial charge on any atom is 0.200 e. The molecule has 0 nitrogen and oxygen atoms in total. The second-order valence-electron chi connectivity index (χ2n) is 8.53. The first kappa shape index (κ1) is 30.6. The Labute approximate surface area is 191 Å². The summed E-state index contributed by atoms with van der Waals surface area (Å²) < 4.78 is 62.6. The van der Waals surface area contributed by atoms with Crippen molar-refractivity contribution in [3.63, 3.8) is 0 Å². The van der Waals surface area contributed by atoms with Crippen LogP contribution >= 0.6 is 17.2 Å². The van der Waals surface area contributed by atoms with Gasteiger partial charge in [-0.3, -0.25) is 0 Å². The van der Waals surface area contributed by atoms with E-state index in [1.54, 1.807) is 0 Å². The Morgan fingerprint density at radius 3 is 1.00 bits per heavy atom. The van der Waals surface area contributed by atoms with Crippen molar-refractivity contribution < 1.29 is 22.0 Å². The van der Waals surface area contributed by atoms with Crippen molar-refractivity contribution in [3.05, 3.63) is 34.6 Å². The fraction of sp³-hybridized carbons (Fsp3) is 0.750. The van der Waals surface area contributed by atoms with Crippen LogP contribution in [0.15, 0.2) is 0 Å². The maximum absolute atomic E-state index is 12.7. The van der Waals surface area contributed by atoms with E-state index in [2.05, 4.69) is 27.7 Å². The SMILES string of the molecule is CCCCP(Cl)(CCCC)(CCCC)CCCC.CCc1c(F)c(F)c(F)c(F)c1F. The summed E-state index contributed by atoms with van der Waals surface area (Å²) in [6, 6.07) is 0. The molecule has 0 fully saturated rings. The van der Waals surface area contributed by atoms with Gasteiger partial charge in [-0.15, -0.1) is 0 Å². The Morgan fingerprint density at radius 1 is 0.516 bits per heavy atom. The molecule has 0 radical (unpaired) electrons. The van der Waals surface area contributed by atoms with E-state index in [1.165, 1.54) is 82.9 Å². The van der Waals surface area contributed by atoms with Gasteiger partial charge in [0.05, 0.1) is 0 Å². The Morgan fingerprint density at radius 2 is 0.774 bits per heavy atom. The first-order valence-electron chi connectivity index (χ1n) is 11.8. The van der Waals surface area contributed by atoms with Gasteiger partial charge in [-0.05, 0) is 6.42 Å². The molecule has 0 N–H and O–H groups in total. The summed E-state index contributed by atoms with van der Waals surface area (Å²) in [5, 5.41) is 0. The standard InChI is InChI=1S/C16H36ClP.C8H5F5/c1-5-9-13-18(17,14-10-6-2,15-11-7-3)16-12-8-4;1-2-3-4(9)6(11)8(13)7(12)5(3)10/h5-16H2,1-4H3;2H2,1H3. The molecule has 0 aromatic heterocycles. The predicted octanol–water partition coefficient (Wildman–Crippen LogP) is 9.84. The van der Waals surface area contributed by atoms with Gasteiger partial charge in [0.2, 0.25) is 5.82 Å². The summed E-state index contributed by atoms with van der Waals surface area (Å²) in [7, 11) is 0. The minimum atomic E-state index is -2.12. The van der Waals surface area contributed by atoms with E-state index in [-0.39, 0.29) is 6.42 Å². The number of halogens is 6. The molecule has 0 saturated carbocycles. The predicted molar refractivity (Wildman–Crippen MR) is 127 cm³/mol. The fourth-order valence-corrected chi connectivity index (χ4v) is 11.0. The number of hydrogen-bond acceptors (Lipinski definition) is 0. The van der Waals surface area contributed by atoms with Crippen LogP contribution in [-0.2, 0) is 6.42 Å². The van der Waals surface area contributed by atoms with Crippen LogP contribution in [0.1, 0.15) is 91.5 Å². The summed E-state index contributed by atoms with van der Waals surface area (Å²) in [6.07, 6.45) is 15.7. The first-order valence-corrected chi connectivity index (χ1v) is 15.7. The second-order valence-corrected chi connectivity index (χ2v) is 16.8. The van der Waals surface area contributed by atoms with Crippen LogP contribution in [0.25, 0.3) is 0 Å². The van der Waals surface area contributed by atoms with E-state index in [9.17, 15) is 22.0 Å². The van der Waals surface area contributed by atoms with Gasteiger partial charge < -0.3 is 0 Å². The number of benzene rings is 1. The molecule has 0 amide bonds. The Hall–Kier alpha value is -0.410. The van der Waals surface area contributed by atoms with E-state index >= 15 is 0 Å². The minimum absolute atomic E-state index is 0.244. The summed E-state index contributed by atoms with van der Waals surface area (Å²) in [5.74, 6) is -11.3. The van der Waals surface area contributed by atoms with E-state index < -0.39 is 40.6 Å². The van der Waals surface area contributed by atoms with Gasteiger partial charge in [-0.25, -0.2) is 22.0 Å². The van der Waals surface area contributed by atoms with Crippen molar-refractivity contribution in [2.75, 3.05) is 24.6 Å². The summed E-state index contributed by atoms with van der Waals surface area (Å²) in [6.45, 7) is 10.5. The fourth-order valence-electron chi connectivity index (χ4n) is 3.84. The minimum Gasteiger partial charge on any atom is -0.203 e. The molecule has 0 bridgehead atoms. The monoisotopic (exact) mass is 490 g/mol. The molecule has 0 aliphatic heterocycles. The normalized spacial score (nSPS) is 12.8. The molecule has 31 heavy (non-hydrogen) atoms. The molecule has 1 aromatic carbocycles. The van der Waals surface area contributed by atoms with Crippen molar-refractivity contribution in [1.29, 1.82) is 0 Å². The molecule has 0 atom stereocenters. The third kappa shape index (κ3) is 9.16. The molecule has 0 unspecified atom stereocenters. The molecule has 184 valence electrons. The van der Waals surface area contributed by atoms with E-state index in [0.29, 0.717) is 0 Å². The van der Waals surface area contributed by atoms with Crippen LogP contribution in [0, 0.1) is 29.1 Å². The van der Waals surface area contributed by atoms with Crippen molar-refractivity contribution in [2.24, 2.45) is 0 Å². The van der Waals surface area contributed by atoms with Crippen molar-refractivity contribution in [3.8, 4) is 0 Å². The largest absolute Gasteiger partial charge is 0.203 e. The molecule has 0 aliphatic rings. The Balaban J connectivity index is 0.000000609. The van der Waals surface area contributed by atoms with Crippen molar-refractivity contribution in [1.82, 2.24) is 0 Å². The molecule has 0 saturated heterocycles. The van der Waals surface area contributed by atoms with E-state index in [0.717, 1.165) is 0 Å². The van der Waals surface area contributed by atoms with Crippen molar-refractivity contribution in [2.45, 2.75) is 92.4 Å². The molecular weight excluding hydrogens is 450 g/mol. The third-order valence-corrected chi connectivity index (χ3v) is 13.7. The average molecular weight is 491 g/mol. The van der Waals surface area contributed by atoms with E-state index in [1.807, 2.05) is 0 Å². The zero-order valence-electron chi connectivity index (χ0n) is 19.9. The molecule has 1 rings (SSSR count). The second kappa shape index (κ2) is 14.7. The number of unbranched alkanes of at least 4 members (excludes halogenated alkanes) is 4. The van der Waals surface area contributed by atoms with Gasteiger partial charge in [-0.2, -0.15) is 0 Å². The van der Waals surface area contributed by atoms with Crippen molar-refractivity contribution >= 4 is 17.2 Å². The molecule has 7 heteroatoms. The summed E-state index contributed by atoms with van der Waals surface area (Å²) >= 11 is 7.44. The zero-order valence-corrected chi connectivity index (χ0v) is 21.6. The van der Waals surface area contributed by atoms with Crippen LogP contribution in [0.5, 0.6) is 0 Å². The van der Waals surface area contributed by atoms with Crippen LogP contribution in [0.3, 0.4) is 0 Å². The topological polar surface area (TPSA) is 0 Å². The van der Waals surface area contributed by atoms with Gasteiger partial charge in [0.25, 0.3) is 0 Å². The Kier molecular flexibility index (Phi) is 14.5. The summed E-state index contributed by atoms with van der Waals surface area (Å²) in [5.41, 5.74) is -0.781. The van der Waals surface area contributed by atoms with Gasteiger partial charge in [-0.1, -0.05) is 6.92 Å². The number of hydrogen-bond donors (Lipinski definition) is 0. The van der Waals surface area contributed by atoms with Gasteiger partial charge in [0.15, 0.2) is 23.3 Å². The van der Waals surface area contributed by atoms with Gasteiger partial charge >= 0.3 is 121 Å². The average Bonchev–Trinajstić information content (AvgIpc) is 2.77. The quantitative estimate of drug-likeness (QED) is 0.112. The van der Waals surface area contributed by atoms with Crippen LogP contribution in [0.2, 0.25) is 0 Å². The van der Waals surface area contributed by atoms with Gasteiger partial charge in [0, 0.05) is 5.56 Å². The van der Waals surface area contributed by atoms with E-state index in [4.69, 9.17) is 11.2 Å². The molecule has 0 spiro atoms. The smallest absolute Gasteiger partial charge is 0.200 e. The molecular formula is C24H41ClF5P. The van der Waals surface area contributed by atoms with Crippen LogP contribution in [-0.4, -0.2) is 24.6 Å². The van der Waals surface area contributed by atoms with Crippen LogP contribution < -0.4 is 0 Å².